The highest BCUT2D eigenvalue weighted by molar-refractivity contribution is 7.09. The number of carbonyl (C=O) groups excluding carboxylic acids is 1. The van der Waals surface area contributed by atoms with E-state index >= 15 is 0 Å². The molecular formula is C14H13ClN2OS. The Bertz CT molecular complexity index is 581. The summed E-state index contributed by atoms with van der Waals surface area (Å²) in [6.45, 7) is 0.682. The van der Waals surface area contributed by atoms with E-state index in [2.05, 4.69) is 11.1 Å². The van der Waals surface area contributed by atoms with Crippen LogP contribution < -0.4 is 0 Å². The fourth-order valence-corrected chi connectivity index (χ4v) is 2.90. The van der Waals surface area contributed by atoms with Crippen LogP contribution in [0.2, 0.25) is 5.15 Å². The van der Waals surface area contributed by atoms with Crippen molar-refractivity contribution in [2.24, 2.45) is 0 Å². The van der Waals surface area contributed by atoms with E-state index in [1.807, 2.05) is 16.3 Å². The molecule has 3 rings (SSSR count). The predicted molar refractivity (Wildman–Crippen MR) is 76.5 cm³/mol. The van der Waals surface area contributed by atoms with E-state index in [1.165, 1.54) is 4.88 Å². The topological polar surface area (TPSA) is 33.2 Å². The summed E-state index contributed by atoms with van der Waals surface area (Å²) < 4.78 is 0. The number of carbonyl (C=O) groups is 1. The maximum absolute atomic E-state index is 12.5. The molecule has 3 nitrogen and oxygen atoms in total. The third-order valence-corrected chi connectivity index (χ3v) is 4.20. The third kappa shape index (κ3) is 2.96. The summed E-state index contributed by atoms with van der Waals surface area (Å²) in [6, 6.07) is 7.80. The molecule has 0 aliphatic heterocycles. The van der Waals surface area contributed by atoms with E-state index in [-0.39, 0.29) is 5.91 Å². The molecule has 0 saturated heterocycles. The second-order valence-corrected chi connectivity index (χ2v) is 6.03. The molecule has 5 heteroatoms. The van der Waals surface area contributed by atoms with Gasteiger partial charge in [-0.25, -0.2) is 4.98 Å². The van der Waals surface area contributed by atoms with Gasteiger partial charge in [0.1, 0.15) is 5.15 Å². The van der Waals surface area contributed by atoms with Gasteiger partial charge >= 0.3 is 0 Å². The summed E-state index contributed by atoms with van der Waals surface area (Å²) in [5.74, 6) is 0.0419. The van der Waals surface area contributed by atoms with Crippen molar-refractivity contribution < 1.29 is 4.79 Å². The highest BCUT2D eigenvalue weighted by Gasteiger charge is 2.33. The van der Waals surface area contributed by atoms with Crippen LogP contribution in [0, 0.1) is 0 Å². The second kappa shape index (κ2) is 5.31. The number of pyridine rings is 1. The van der Waals surface area contributed by atoms with Crippen molar-refractivity contribution in [3.8, 4) is 0 Å². The quantitative estimate of drug-likeness (QED) is 0.807. The maximum atomic E-state index is 12.5. The normalized spacial score (nSPS) is 14.4. The van der Waals surface area contributed by atoms with Crippen LogP contribution in [0.4, 0.5) is 0 Å². The van der Waals surface area contributed by atoms with E-state index in [4.69, 9.17) is 11.6 Å². The third-order valence-electron chi connectivity index (χ3n) is 3.13. The highest BCUT2D eigenvalue weighted by atomic mass is 35.5. The van der Waals surface area contributed by atoms with Crippen molar-refractivity contribution in [2.45, 2.75) is 25.4 Å². The minimum atomic E-state index is 0.0419. The lowest BCUT2D eigenvalue weighted by molar-refractivity contribution is 0.0731. The largest absolute Gasteiger partial charge is 0.331 e. The van der Waals surface area contributed by atoms with Crippen molar-refractivity contribution in [1.82, 2.24) is 9.88 Å². The molecule has 1 aliphatic rings. The first kappa shape index (κ1) is 12.6. The van der Waals surface area contributed by atoms with Crippen molar-refractivity contribution in [2.75, 3.05) is 0 Å². The lowest BCUT2D eigenvalue weighted by Crippen LogP contribution is -2.32. The molecule has 0 bridgehead atoms. The van der Waals surface area contributed by atoms with Gasteiger partial charge in [0.15, 0.2) is 0 Å². The number of hydrogen-bond donors (Lipinski definition) is 0. The molecule has 2 aromatic rings. The van der Waals surface area contributed by atoms with Crippen LogP contribution in [0.1, 0.15) is 28.1 Å². The van der Waals surface area contributed by atoms with Crippen molar-refractivity contribution in [3.05, 3.63) is 51.4 Å². The summed E-state index contributed by atoms with van der Waals surface area (Å²) >= 11 is 7.53. The molecule has 2 aromatic heterocycles. The van der Waals surface area contributed by atoms with Crippen LogP contribution in [0.5, 0.6) is 0 Å². The fourth-order valence-electron chi connectivity index (χ4n) is 2.02. The molecule has 1 saturated carbocycles. The van der Waals surface area contributed by atoms with Gasteiger partial charge in [-0.2, -0.15) is 0 Å². The van der Waals surface area contributed by atoms with Crippen LogP contribution in [0.3, 0.4) is 0 Å². The zero-order valence-corrected chi connectivity index (χ0v) is 11.8. The standard InChI is InChI=1S/C14H13ClN2OS/c15-13-8-10(5-6-16-13)14(18)17(11-3-4-11)9-12-2-1-7-19-12/h1-2,5-8,11H,3-4,9H2. The molecule has 1 fully saturated rings. The van der Waals surface area contributed by atoms with E-state index in [9.17, 15) is 4.79 Å². The lowest BCUT2D eigenvalue weighted by Gasteiger charge is -2.21. The molecule has 98 valence electrons. The molecule has 1 aliphatic carbocycles. The minimum Gasteiger partial charge on any atom is -0.331 e. The van der Waals surface area contributed by atoms with Crippen LogP contribution in [-0.2, 0) is 6.54 Å². The van der Waals surface area contributed by atoms with Gasteiger partial charge in [0.05, 0.1) is 6.54 Å². The summed E-state index contributed by atoms with van der Waals surface area (Å²) in [5.41, 5.74) is 0.614. The average Bonchev–Trinajstić information content (AvgIpc) is 3.12. The Balaban J connectivity index is 1.82. The minimum absolute atomic E-state index is 0.0419. The highest BCUT2D eigenvalue weighted by Crippen LogP contribution is 2.30. The molecule has 0 radical (unpaired) electrons. The summed E-state index contributed by atoms with van der Waals surface area (Å²) in [5, 5.41) is 2.39. The predicted octanol–water partition coefficient (Wildman–Crippen LogP) is 3.60. The average molecular weight is 293 g/mol. The van der Waals surface area contributed by atoms with Crippen LogP contribution in [0.25, 0.3) is 0 Å². The Morgan fingerprint density at radius 3 is 2.95 bits per heavy atom. The summed E-state index contributed by atoms with van der Waals surface area (Å²) in [6.07, 6.45) is 3.76. The van der Waals surface area contributed by atoms with Gasteiger partial charge in [-0.15, -0.1) is 11.3 Å². The number of rotatable bonds is 4. The Hall–Kier alpha value is -1.39. The number of aromatic nitrogens is 1. The van der Waals surface area contributed by atoms with Gasteiger partial charge < -0.3 is 4.90 Å². The van der Waals surface area contributed by atoms with Gasteiger partial charge in [0.25, 0.3) is 5.91 Å². The molecule has 0 aromatic carbocycles. The molecule has 2 heterocycles. The van der Waals surface area contributed by atoms with E-state index in [0.717, 1.165) is 12.8 Å². The molecule has 0 unspecified atom stereocenters. The number of amides is 1. The smallest absolute Gasteiger partial charge is 0.254 e. The molecule has 19 heavy (non-hydrogen) atoms. The number of nitrogens with zero attached hydrogens (tertiary/aromatic N) is 2. The second-order valence-electron chi connectivity index (χ2n) is 4.61. The van der Waals surface area contributed by atoms with Crippen LogP contribution in [0.15, 0.2) is 35.8 Å². The molecule has 1 amide bonds. The van der Waals surface area contributed by atoms with Crippen molar-refractivity contribution in [3.63, 3.8) is 0 Å². The lowest BCUT2D eigenvalue weighted by atomic mass is 10.2. The van der Waals surface area contributed by atoms with Crippen LogP contribution in [-0.4, -0.2) is 21.8 Å². The Kier molecular flexibility index (Phi) is 3.53. The molecule has 0 N–H and O–H groups in total. The van der Waals surface area contributed by atoms with E-state index in [1.54, 1.807) is 29.7 Å². The van der Waals surface area contributed by atoms with Gasteiger partial charge in [-0.05, 0) is 36.4 Å². The van der Waals surface area contributed by atoms with Crippen molar-refractivity contribution in [1.29, 1.82) is 0 Å². The Morgan fingerprint density at radius 2 is 2.32 bits per heavy atom. The van der Waals surface area contributed by atoms with E-state index < -0.39 is 0 Å². The SMILES string of the molecule is O=C(c1ccnc(Cl)c1)N(Cc1cccs1)C1CC1. The Labute approximate surface area is 120 Å². The monoisotopic (exact) mass is 292 g/mol. The first-order chi connectivity index (χ1) is 9.24. The molecule has 0 spiro atoms. The number of thiophene rings is 1. The summed E-state index contributed by atoms with van der Waals surface area (Å²) in [7, 11) is 0. The van der Waals surface area contributed by atoms with E-state index in [0.29, 0.717) is 23.3 Å². The van der Waals surface area contributed by atoms with Gasteiger partial charge in [-0.1, -0.05) is 17.7 Å². The van der Waals surface area contributed by atoms with Gasteiger partial charge in [0, 0.05) is 22.7 Å². The summed E-state index contributed by atoms with van der Waals surface area (Å²) in [4.78, 5) is 19.6. The van der Waals surface area contributed by atoms with Crippen LogP contribution >= 0.6 is 22.9 Å². The molecule has 0 atom stereocenters. The van der Waals surface area contributed by atoms with Gasteiger partial charge in [-0.3, -0.25) is 4.79 Å². The zero-order valence-electron chi connectivity index (χ0n) is 10.3. The number of hydrogen-bond acceptors (Lipinski definition) is 3. The van der Waals surface area contributed by atoms with Gasteiger partial charge in [0.2, 0.25) is 0 Å². The first-order valence-corrected chi connectivity index (χ1v) is 7.45. The maximum Gasteiger partial charge on any atom is 0.254 e. The number of halogens is 1. The zero-order chi connectivity index (χ0) is 13.2. The fraction of sp³-hybridized carbons (Fsp3) is 0.286. The molecular weight excluding hydrogens is 280 g/mol. The Morgan fingerprint density at radius 1 is 1.47 bits per heavy atom. The first-order valence-electron chi connectivity index (χ1n) is 6.19. The van der Waals surface area contributed by atoms with Crippen molar-refractivity contribution >= 4 is 28.8 Å².